The van der Waals surface area contributed by atoms with E-state index in [0.29, 0.717) is 0 Å². The quantitative estimate of drug-likeness (QED) is 0.554. The van der Waals surface area contributed by atoms with Crippen LogP contribution in [-0.2, 0) is 0 Å². The smallest absolute Gasteiger partial charge is 0.135 e. The zero-order chi connectivity index (χ0) is 8.32. The number of rotatable bonds is 2. The maximum atomic E-state index is 5.55. The van der Waals surface area contributed by atoms with Gasteiger partial charge in [-0.2, -0.15) is 0 Å². The Kier molecular flexibility index (Phi) is 2.73. The standard InChI is InChI=1S/C8H12OS2/c1-11(2,10)9-8-6-4-3-5-7-8/h3-7,10H,1-2H3. The molecule has 0 unspecified atom stereocenters. The highest BCUT2D eigenvalue weighted by Crippen LogP contribution is 2.45. The van der Waals surface area contributed by atoms with E-state index < -0.39 is 9.34 Å². The van der Waals surface area contributed by atoms with E-state index in [-0.39, 0.29) is 0 Å². The van der Waals surface area contributed by atoms with Crippen LogP contribution in [0.25, 0.3) is 0 Å². The van der Waals surface area contributed by atoms with Gasteiger partial charge in [0.1, 0.15) is 5.75 Å². The summed E-state index contributed by atoms with van der Waals surface area (Å²) < 4.78 is 5.55. The fourth-order valence-electron chi connectivity index (χ4n) is 0.712. The largest absolute Gasteiger partial charge is 0.440 e. The van der Waals surface area contributed by atoms with E-state index in [1.165, 1.54) is 0 Å². The van der Waals surface area contributed by atoms with E-state index in [1.54, 1.807) is 0 Å². The van der Waals surface area contributed by atoms with Gasteiger partial charge in [-0.05, 0) is 12.1 Å². The molecule has 0 aromatic heterocycles. The molecule has 0 fully saturated rings. The molecular weight excluding hydrogens is 176 g/mol. The Morgan fingerprint density at radius 3 is 2.18 bits per heavy atom. The van der Waals surface area contributed by atoms with Crippen LogP contribution in [0, 0.1) is 0 Å². The lowest BCUT2D eigenvalue weighted by molar-refractivity contribution is 0.637. The van der Waals surface area contributed by atoms with Crippen LogP contribution >= 0.6 is 21.0 Å². The van der Waals surface area contributed by atoms with Crippen molar-refractivity contribution < 1.29 is 4.18 Å². The van der Waals surface area contributed by atoms with Crippen molar-refractivity contribution in [2.24, 2.45) is 0 Å². The Balaban J connectivity index is 2.66. The van der Waals surface area contributed by atoms with E-state index >= 15 is 0 Å². The van der Waals surface area contributed by atoms with Crippen LogP contribution in [0.2, 0.25) is 0 Å². The van der Waals surface area contributed by atoms with Crippen LogP contribution in [0.4, 0.5) is 0 Å². The van der Waals surface area contributed by atoms with Gasteiger partial charge in [0.05, 0.1) is 0 Å². The average molecular weight is 188 g/mol. The molecule has 1 aromatic carbocycles. The molecule has 1 rings (SSSR count). The minimum Gasteiger partial charge on any atom is -0.440 e. The molecule has 0 spiro atoms. The minimum absolute atomic E-state index is 0.891. The van der Waals surface area contributed by atoms with Gasteiger partial charge in [-0.25, -0.2) is 0 Å². The summed E-state index contributed by atoms with van der Waals surface area (Å²) in [7, 11) is -1.18. The Morgan fingerprint density at radius 2 is 1.73 bits per heavy atom. The molecule has 0 heterocycles. The van der Waals surface area contributed by atoms with Gasteiger partial charge in [0.2, 0.25) is 0 Å². The average Bonchev–Trinajstić information content (AvgIpc) is 1.85. The van der Waals surface area contributed by atoms with Gasteiger partial charge in [0.15, 0.2) is 0 Å². The normalized spacial score (nSPS) is 12.6. The van der Waals surface area contributed by atoms with Crippen LogP contribution in [0.3, 0.4) is 0 Å². The monoisotopic (exact) mass is 188 g/mol. The van der Waals surface area contributed by atoms with Crippen molar-refractivity contribution in [2.45, 2.75) is 0 Å². The van der Waals surface area contributed by atoms with E-state index in [9.17, 15) is 0 Å². The molecule has 1 nitrogen and oxygen atoms in total. The molecule has 0 amide bonds. The summed E-state index contributed by atoms with van der Waals surface area (Å²) >= 11 is 4.33. The van der Waals surface area contributed by atoms with E-state index in [1.807, 2.05) is 42.8 Å². The van der Waals surface area contributed by atoms with Gasteiger partial charge in [-0.3, -0.25) is 0 Å². The van der Waals surface area contributed by atoms with Gasteiger partial charge >= 0.3 is 0 Å². The molecule has 0 radical (unpaired) electrons. The van der Waals surface area contributed by atoms with Crippen molar-refractivity contribution in [3.8, 4) is 5.75 Å². The summed E-state index contributed by atoms with van der Waals surface area (Å²) in [6.07, 6.45) is 3.98. The number of para-hydroxylation sites is 1. The fourth-order valence-corrected chi connectivity index (χ4v) is 1.55. The Labute approximate surface area is 74.1 Å². The number of hydrogen-bond acceptors (Lipinski definition) is 2. The Hall–Kier alpha value is -0.280. The SMILES string of the molecule is CS(C)(S)Oc1ccccc1. The summed E-state index contributed by atoms with van der Waals surface area (Å²) in [6.45, 7) is 0. The van der Waals surface area contributed by atoms with Crippen LogP contribution in [0.5, 0.6) is 5.75 Å². The lowest BCUT2D eigenvalue weighted by Gasteiger charge is -2.24. The van der Waals surface area contributed by atoms with Gasteiger partial charge in [-0.1, -0.05) is 39.2 Å². The zero-order valence-electron chi connectivity index (χ0n) is 6.65. The summed E-state index contributed by atoms with van der Waals surface area (Å²) in [5.41, 5.74) is 0. The van der Waals surface area contributed by atoms with E-state index in [4.69, 9.17) is 4.18 Å². The zero-order valence-corrected chi connectivity index (χ0v) is 8.36. The lowest BCUT2D eigenvalue weighted by atomic mass is 10.3. The second kappa shape index (κ2) is 3.41. The molecule has 0 aliphatic heterocycles. The van der Waals surface area contributed by atoms with Gasteiger partial charge in [-0.15, -0.1) is 0 Å². The van der Waals surface area contributed by atoms with Crippen LogP contribution < -0.4 is 4.18 Å². The molecule has 1 aromatic rings. The third-order valence-electron chi connectivity index (χ3n) is 1.04. The van der Waals surface area contributed by atoms with E-state index in [2.05, 4.69) is 11.7 Å². The van der Waals surface area contributed by atoms with Crippen LogP contribution in [0.1, 0.15) is 0 Å². The second-order valence-corrected chi connectivity index (χ2v) is 7.74. The molecule has 0 saturated heterocycles. The molecule has 11 heavy (non-hydrogen) atoms. The van der Waals surface area contributed by atoms with Gasteiger partial charge in [0.25, 0.3) is 0 Å². The van der Waals surface area contributed by atoms with Crippen molar-refractivity contribution in [1.82, 2.24) is 0 Å². The summed E-state index contributed by atoms with van der Waals surface area (Å²) in [6, 6.07) is 9.74. The van der Waals surface area contributed by atoms with Crippen molar-refractivity contribution in [1.29, 1.82) is 0 Å². The summed E-state index contributed by atoms with van der Waals surface area (Å²) in [5.74, 6) is 0.891. The molecule has 0 aliphatic rings. The first-order chi connectivity index (χ1) is 5.08. The summed E-state index contributed by atoms with van der Waals surface area (Å²) in [5, 5.41) is 0. The first-order valence-corrected chi connectivity index (χ1v) is 6.71. The topological polar surface area (TPSA) is 9.23 Å². The van der Waals surface area contributed by atoms with E-state index in [0.717, 1.165) is 5.75 Å². The number of thiol groups is 1. The first-order valence-electron chi connectivity index (χ1n) is 3.28. The van der Waals surface area contributed by atoms with Crippen molar-refractivity contribution in [2.75, 3.05) is 12.5 Å². The number of hydrogen-bond donors (Lipinski definition) is 1. The maximum absolute atomic E-state index is 5.55. The second-order valence-electron chi connectivity index (χ2n) is 2.58. The first kappa shape index (κ1) is 8.81. The highest BCUT2D eigenvalue weighted by molar-refractivity contribution is 8.85. The third-order valence-corrected chi connectivity index (χ3v) is 1.87. The molecular formula is C8H12OS2. The Bertz CT molecular complexity index is 215. The number of benzene rings is 1. The molecule has 0 N–H and O–H groups in total. The minimum atomic E-state index is -1.18. The molecule has 0 bridgehead atoms. The van der Waals surface area contributed by atoms with Gasteiger partial charge in [0, 0.05) is 12.5 Å². The molecule has 0 aliphatic carbocycles. The van der Waals surface area contributed by atoms with Crippen LogP contribution in [-0.4, -0.2) is 12.5 Å². The molecule has 3 heteroatoms. The third kappa shape index (κ3) is 3.58. The van der Waals surface area contributed by atoms with Gasteiger partial charge < -0.3 is 4.18 Å². The molecule has 0 saturated carbocycles. The fraction of sp³-hybridized carbons (Fsp3) is 0.250. The van der Waals surface area contributed by atoms with Crippen molar-refractivity contribution in [3.63, 3.8) is 0 Å². The highest BCUT2D eigenvalue weighted by Gasteiger charge is 2.05. The Morgan fingerprint density at radius 1 is 1.18 bits per heavy atom. The predicted molar refractivity (Wildman–Crippen MR) is 55.5 cm³/mol. The maximum Gasteiger partial charge on any atom is 0.135 e. The highest BCUT2D eigenvalue weighted by atomic mass is 33.1. The van der Waals surface area contributed by atoms with Crippen LogP contribution in [0.15, 0.2) is 30.3 Å². The van der Waals surface area contributed by atoms with Crippen molar-refractivity contribution >= 4 is 21.0 Å². The predicted octanol–water partition coefficient (Wildman–Crippen LogP) is 2.89. The molecule has 0 atom stereocenters. The summed E-state index contributed by atoms with van der Waals surface area (Å²) in [4.78, 5) is 0. The molecule has 62 valence electrons. The lowest BCUT2D eigenvalue weighted by Crippen LogP contribution is -1.95. The van der Waals surface area contributed by atoms with Crippen molar-refractivity contribution in [3.05, 3.63) is 30.3 Å².